The Bertz CT molecular complexity index is 1250. The molecule has 4 N–H and O–H groups in total. The highest BCUT2D eigenvalue weighted by molar-refractivity contribution is 5.96. The second-order valence-electron chi connectivity index (χ2n) is 7.81. The first kappa shape index (κ1) is 28.1. The van der Waals surface area contributed by atoms with E-state index >= 15 is 0 Å². The molecule has 3 aromatic rings. The zero-order chi connectivity index (χ0) is 23.5. The molecule has 3 heterocycles. The fourth-order valence-electron chi connectivity index (χ4n) is 3.61. The van der Waals surface area contributed by atoms with Gasteiger partial charge in [0.2, 0.25) is 11.6 Å². The van der Waals surface area contributed by atoms with E-state index in [4.69, 9.17) is 15.2 Å². The van der Waals surface area contributed by atoms with E-state index in [0.717, 1.165) is 11.2 Å². The van der Waals surface area contributed by atoms with Gasteiger partial charge in [-0.25, -0.2) is 15.0 Å². The van der Waals surface area contributed by atoms with Crippen LogP contribution in [0.1, 0.15) is 10.4 Å². The average Bonchev–Trinajstić information content (AvgIpc) is 3.28. The Morgan fingerprint density at radius 2 is 2.03 bits per heavy atom. The number of aliphatic hydroxyl groups excluding tert-OH is 1. The molecule has 0 saturated heterocycles. The van der Waals surface area contributed by atoms with Crippen molar-refractivity contribution < 1.29 is 19.4 Å². The van der Waals surface area contributed by atoms with Crippen molar-refractivity contribution in [3.63, 3.8) is 0 Å². The molecule has 1 aliphatic rings. The molecule has 1 aliphatic heterocycles. The number of aromatic nitrogens is 4. The number of anilines is 2. The smallest absolute Gasteiger partial charge is 0.283 e. The minimum absolute atomic E-state index is 0. The monoisotopic (exact) mass is 526 g/mol. The normalized spacial score (nSPS) is 13.5. The van der Waals surface area contributed by atoms with Crippen molar-refractivity contribution in [1.82, 2.24) is 24.4 Å². The maximum absolute atomic E-state index is 12.7. The van der Waals surface area contributed by atoms with Gasteiger partial charge in [-0.3, -0.25) is 9.36 Å². The minimum atomic E-state index is -0.670. The first-order chi connectivity index (χ1) is 15.9. The molecule has 1 amide bonds. The van der Waals surface area contributed by atoms with Gasteiger partial charge in [0, 0.05) is 37.4 Å². The highest BCUT2D eigenvalue weighted by Gasteiger charge is 2.21. The summed E-state index contributed by atoms with van der Waals surface area (Å²) in [5.74, 6) is 1.13. The third-order valence-corrected chi connectivity index (χ3v) is 5.03. The Labute approximate surface area is 214 Å². The van der Waals surface area contributed by atoms with Crippen molar-refractivity contribution in [2.24, 2.45) is 4.99 Å². The van der Waals surface area contributed by atoms with Crippen LogP contribution in [0.15, 0.2) is 29.5 Å². The van der Waals surface area contributed by atoms with Crippen LogP contribution in [0.2, 0.25) is 0 Å². The van der Waals surface area contributed by atoms with E-state index < -0.39 is 12.0 Å². The van der Waals surface area contributed by atoms with Crippen LogP contribution >= 0.6 is 24.8 Å². The molecular weight excluding hydrogens is 499 g/mol. The number of nitrogen functional groups attached to an aromatic ring is 1. The van der Waals surface area contributed by atoms with Crippen molar-refractivity contribution in [2.75, 3.05) is 52.0 Å². The van der Waals surface area contributed by atoms with Gasteiger partial charge in [-0.05, 0) is 26.2 Å². The zero-order valence-electron chi connectivity index (χ0n) is 19.5. The molecule has 12 nitrogen and oxygen atoms in total. The third-order valence-electron chi connectivity index (χ3n) is 5.03. The maximum Gasteiger partial charge on any atom is 0.283 e. The molecule has 1 atom stereocenters. The second kappa shape index (κ2) is 12.0. The number of carbonyl (C=O) groups is 1. The molecule has 2 aromatic heterocycles. The van der Waals surface area contributed by atoms with E-state index in [2.05, 4.69) is 25.3 Å². The molecule has 0 saturated carbocycles. The van der Waals surface area contributed by atoms with Crippen LogP contribution in [-0.2, 0) is 6.54 Å². The van der Waals surface area contributed by atoms with Crippen molar-refractivity contribution in [2.45, 2.75) is 12.6 Å². The van der Waals surface area contributed by atoms with Gasteiger partial charge in [-0.1, -0.05) is 0 Å². The summed E-state index contributed by atoms with van der Waals surface area (Å²) in [4.78, 5) is 31.1. The Morgan fingerprint density at radius 3 is 2.69 bits per heavy atom. The largest absolute Gasteiger partial charge is 0.491 e. The molecule has 0 fully saturated rings. The Kier molecular flexibility index (Phi) is 9.60. The standard InChI is InChI=1S/C21H26N8O4.2ClH/c1-28(2)10-13(30)11-33-15-5-4-14-16(17(15)32-3)26-21(29-7-6-23-18(14)29)27-19(31)12-8-24-20(22)25-9-12;;/h4-5,8-9,13,23,30H,6-7,10-11H2,1-3H3,(H2,22,24,25);2*1H/t13-;;/m1../s1. The Hall–Kier alpha value is -3.19. The fourth-order valence-corrected chi connectivity index (χ4v) is 3.61. The minimum Gasteiger partial charge on any atom is -0.491 e. The highest BCUT2D eigenvalue weighted by atomic mass is 35.5. The predicted octanol–water partition coefficient (Wildman–Crippen LogP) is 0.729. The third kappa shape index (κ3) is 6.09. The molecule has 0 radical (unpaired) electrons. The number of fused-ring (bicyclic) bond motifs is 3. The fraction of sp³-hybridized carbons (Fsp3) is 0.381. The maximum atomic E-state index is 12.7. The highest BCUT2D eigenvalue weighted by Crippen LogP contribution is 2.37. The van der Waals surface area contributed by atoms with E-state index in [9.17, 15) is 9.90 Å². The topological polar surface area (TPSA) is 153 Å². The molecule has 0 bridgehead atoms. The summed E-state index contributed by atoms with van der Waals surface area (Å²) in [6, 6.07) is 3.64. The van der Waals surface area contributed by atoms with Gasteiger partial charge < -0.3 is 30.5 Å². The molecule has 4 rings (SSSR count). The van der Waals surface area contributed by atoms with Crippen LogP contribution in [0.5, 0.6) is 11.5 Å². The van der Waals surface area contributed by atoms with Crippen molar-refractivity contribution in [3.05, 3.63) is 35.7 Å². The van der Waals surface area contributed by atoms with Gasteiger partial charge in [0.25, 0.3) is 5.91 Å². The molecule has 190 valence electrons. The Morgan fingerprint density at radius 1 is 1.31 bits per heavy atom. The number of carbonyl (C=O) groups excluding carboxylic acids is 1. The SMILES string of the molecule is COc1c(OC[C@H](O)CN(C)C)ccc2c3n(c(=NC(=O)c4cnc(N)nc4)nc12)CCN3.Cl.Cl. The number of hydrogen-bond donors (Lipinski definition) is 3. The number of nitrogens with one attached hydrogen (secondary N) is 1. The number of hydrogen-bond acceptors (Lipinski definition) is 10. The lowest BCUT2D eigenvalue weighted by molar-refractivity contribution is 0.0819. The molecule has 0 spiro atoms. The van der Waals surface area contributed by atoms with E-state index in [0.29, 0.717) is 36.6 Å². The lowest BCUT2D eigenvalue weighted by Crippen LogP contribution is -2.30. The van der Waals surface area contributed by atoms with E-state index in [1.807, 2.05) is 29.6 Å². The van der Waals surface area contributed by atoms with Crippen LogP contribution in [0, 0.1) is 0 Å². The van der Waals surface area contributed by atoms with Crippen LogP contribution in [-0.4, -0.2) is 82.4 Å². The van der Waals surface area contributed by atoms with Gasteiger partial charge in [0.15, 0.2) is 11.5 Å². The molecular formula is C21H28Cl2N8O4. The van der Waals surface area contributed by atoms with Crippen LogP contribution in [0.4, 0.5) is 11.8 Å². The summed E-state index contributed by atoms with van der Waals surface area (Å²) in [5.41, 5.74) is 6.39. The van der Waals surface area contributed by atoms with Crippen LogP contribution in [0.3, 0.4) is 0 Å². The quantitative estimate of drug-likeness (QED) is 0.401. The first-order valence-corrected chi connectivity index (χ1v) is 10.3. The summed E-state index contributed by atoms with van der Waals surface area (Å²) in [6.45, 7) is 1.81. The average molecular weight is 527 g/mol. The predicted molar refractivity (Wildman–Crippen MR) is 136 cm³/mol. The van der Waals surface area contributed by atoms with Gasteiger partial charge >= 0.3 is 0 Å². The van der Waals surface area contributed by atoms with Gasteiger partial charge in [-0.15, -0.1) is 24.8 Å². The van der Waals surface area contributed by atoms with Gasteiger partial charge in [0.05, 0.1) is 12.7 Å². The van der Waals surface area contributed by atoms with E-state index in [-0.39, 0.29) is 48.6 Å². The molecule has 0 aliphatic carbocycles. The summed E-state index contributed by atoms with van der Waals surface area (Å²) in [5, 5.41) is 14.3. The number of ether oxygens (including phenoxy) is 2. The van der Waals surface area contributed by atoms with Crippen molar-refractivity contribution >= 4 is 53.4 Å². The number of aliphatic hydroxyl groups is 1. The van der Waals surface area contributed by atoms with E-state index in [1.54, 1.807) is 6.07 Å². The van der Waals surface area contributed by atoms with Crippen LogP contribution < -0.4 is 26.1 Å². The van der Waals surface area contributed by atoms with Crippen molar-refractivity contribution in [3.8, 4) is 11.5 Å². The van der Waals surface area contributed by atoms with Crippen molar-refractivity contribution in [1.29, 1.82) is 0 Å². The van der Waals surface area contributed by atoms with Gasteiger partial charge in [-0.2, -0.15) is 4.99 Å². The second-order valence-corrected chi connectivity index (χ2v) is 7.81. The number of amides is 1. The number of likely N-dealkylation sites (N-methyl/N-ethyl adjacent to an activating group) is 1. The van der Waals surface area contributed by atoms with Gasteiger partial charge in [0.1, 0.15) is 24.0 Å². The molecule has 1 aromatic carbocycles. The molecule has 14 heteroatoms. The number of rotatable bonds is 7. The molecule has 35 heavy (non-hydrogen) atoms. The zero-order valence-corrected chi connectivity index (χ0v) is 21.1. The lowest BCUT2D eigenvalue weighted by atomic mass is 10.2. The first-order valence-electron chi connectivity index (χ1n) is 10.3. The summed E-state index contributed by atoms with van der Waals surface area (Å²) in [7, 11) is 5.26. The van der Waals surface area contributed by atoms with Crippen LogP contribution in [0.25, 0.3) is 10.9 Å². The lowest BCUT2D eigenvalue weighted by Gasteiger charge is -2.18. The number of nitrogens with zero attached hydrogens (tertiary/aromatic N) is 6. The number of halogens is 2. The number of methoxy groups -OCH3 is 1. The summed E-state index contributed by atoms with van der Waals surface area (Å²) in [6.07, 6.45) is 1.98. The number of benzene rings is 1. The van der Waals surface area contributed by atoms with E-state index in [1.165, 1.54) is 19.5 Å². The Balaban J connectivity index is 0.00000216. The summed E-state index contributed by atoms with van der Waals surface area (Å²) >= 11 is 0. The number of nitrogens with two attached hydrogens (primary N) is 1. The summed E-state index contributed by atoms with van der Waals surface area (Å²) < 4.78 is 13.3. The molecule has 0 unspecified atom stereocenters.